The Morgan fingerprint density at radius 1 is 0.971 bits per heavy atom. The molecule has 2 aromatic carbocycles. The van der Waals surface area contributed by atoms with Crippen molar-refractivity contribution in [1.82, 2.24) is 20.0 Å². The summed E-state index contributed by atoms with van der Waals surface area (Å²) in [6.45, 7) is 5.29. The summed E-state index contributed by atoms with van der Waals surface area (Å²) in [5, 5.41) is 6.27. The predicted octanol–water partition coefficient (Wildman–Crippen LogP) is 4.20. The van der Waals surface area contributed by atoms with Gasteiger partial charge in [0.25, 0.3) is 0 Å². The molecule has 2 N–H and O–H groups in total. The van der Waals surface area contributed by atoms with Crippen molar-refractivity contribution in [3.05, 3.63) is 63.6 Å². The lowest BCUT2D eigenvalue weighted by molar-refractivity contribution is -0.135. The smallest absolute Gasteiger partial charge is 0.320 e. The first kappa shape index (κ1) is 25.0. The van der Waals surface area contributed by atoms with Crippen molar-refractivity contribution in [2.24, 2.45) is 0 Å². The summed E-state index contributed by atoms with van der Waals surface area (Å²) in [4.78, 5) is 33.2. The number of amides is 3. The molecular weight excluding hydrogens is 518 g/mol. The van der Waals surface area contributed by atoms with Crippen LogP contribution in [0.3, 0.4) is 0 Å². The highest BCUT2D eigenvalue weighted by molar-refractivity contribution is 9.10. The molecule has 182 valence electrons. The maximum Gasteiger partial charge on any atom is 0.320 e. The van der Waals surface area contributed by atoms with E-state index in [-0.39, 0.29) is 5.91 Å². The zero-order valence-corrected chi connectivity index (χ0v) is 21.7. The van der Waals surface area contributed by atoms with Crippen LogP contribution in [0.5, 0.6) is 0 Å². The lowest BCUT2D eigenvalue weighted by Gasteiger charge is -2.42. The minimum absolute atomic E-state index is 0.0961. The van der Waals surface area contributed by atoms with Crippen molar-refractivity contribution >= 4 is 45.2 Å². The van der Waals surface area contributed by atoms with Gasteiger partial charge in [-0.25, -0.2) is 4.79 Å². The van der Waals surface area contributed by atoms with Crippen molar-refractivity contribution < 1.29 is 9.59 Å². The number of carbonyl (C=O) groups excluding carboxylic acids is 2. The Balaban J connectivity index is 1.42. The van der Waals surface area contributed by atoms with Crippen LogP contribution in [0, 0.1) is 0 Å². The van der Waals surface area contributed by atoms with E-state index in [1.165, 1.54) is 12.8 Å². The zero-order valence-electron chi connectivity index (χ0n) is 19.3. The van der Waals surface area contributed by atoms with E-state index in [1.807, 2.05) is 29.2 Å². The molecule has 1 unspecified atom stereocenters. The molecule has 0 aromatic heterocycles. The number of halogens is 2. The van der Waals surface area contributed by atoms with Gasteiger partial charge in [0.1, 0.15) is 6.04 Å². The number of nitrogens with zero attached hydrogens (tertiary/aromatic N) is 3. The van der Waals surface area contributed by atoms with Crippen molar-refractivity contribution in [3.8, 4) is 0 Å². The number of piperazine rings is 1. The molecule has 2 saturated heterocycles. The third-order valence-electron chi connectivity index (χ3n) is 6.67. The maximum absolute atomic E-state index is 13.6. The fourth-order valence-electron chi connectivity index (χ4n) is 4.66. The standard InChI is InChI=1S/C25H31BrClN5O2/c1-30-12-10-20(11-13-30)31-14-16-32(17-15-31)24(33)23(21-4-2-3-5-22(21)26)29-25(34)28-19-8-6-18(27)7-9-19/h2-9,20,23H,10-17H2,1H3,(H2,28,29,34). The molecule has 0 spiro atoms. The molecule has 0 radical (unpaired) electrons. The molecule has 3 amide bonds. The molecule has 0 bridgehead atoms. The molecule has 2 fully saturated rings. The topological polar surface area (TPSA) is 67.9 Å². The van der Waals surface area contributed by atoms with Crippen LogP contribution in [0.4, 0.5) is 10.5 Å². The second-order valence-electron chi connectivity index (χ2n) is 8.96. The molecule has 7 nitrogen and oxygen atoms in total. The zero-order chi connectivity index (χ0) is 24.1. The summed E-state index contributed by atoms with van der Waals surface area (Å²) in [5.41, 5.74) is 1.34. The van der Waals surface area contributed by atoms with Crippen LogP contribution < -0.4 is 10.6 Å². The largest absolute Gasteiger partial charge is 0.338 e. The van der Waals surface area contributed by atoms with Crippen molar-refractivity contribution in [1.29, 1.82) is 0 Å². The number of hydrogen-bond acceptors (Lipinski definition) is 4. The molecule has 9 heteroatoms. The normalized spacial score (nSPS) is 19.0. The predicted molar refractivity (Wildman–Crippen MR) is 139 cm³/mol. The van der Waals surface area contributed by atoms with Gasteiger partial charge in [0.05, 0.1) is 0 Å². The fraction of sp³-hybridized carbons (Fsp3) is 0.440. The van der Waals surface area contributed by atoms with E-state index in [2.05, 4.69) is 43.4 Å². The van der Waals surface area contributed by atoms with Gasteiger partial charge in [0.15, 0.2) is 0 Å². The van der Waals surface area contributed by atoms with E-state index in [4.69, 9.17) is 11.6 Å². The first-order valence-electron chi connectivity index (χ1n) is 11.7. The Hall–Kier alpha value is -2.13. The molecule has 34 heavy (non-hydrogen) atoms. The molecule has 2 aliphatic heterocycles. The van der Waals surface area contributed by atoms with Crippen LogP contribution in [0.25, 0.3) is 0 Å². The van der Waals surface area contributed by atoms with Crippen LogP contribution in [0.1, 0.15) is 24.4 Å². The van der Waals surface area contributed by atoms with Gasteiger partial charge in [-0.05, 0) is 68.9 Å². The van der Waals surface area contributed by atoms with Crippen LogP contribution >= 0.6 is 27.5 Å². The van der Waals surface area contributed by atoms with Gasteiger partial charge in [-0.2, -0.15) is 0 Å². The molecule has 2 aliphatic rings. The Labute approximate surface area is 214 Å². The quantitative estimate of drug-likeness (QED) is 0.588. The van der Waals surface area contributed by atoms with E-state index in [0.29, 0.717) is 29.8 Å². The molecule has 4 rings (SSSR count). The lowest BCUT2D eigenvalue weighted by atomic mass is 10.0. The average Bonchev–Trinajstić information content (AvgIpc) is 2.85. The number of carbonyl (C=O) groups is 2. The highest BCUT2D eigenvalue weighted by Crippen LogP contribution is 2.26. The van der Waals surface area contributed by atoms with E-state index in [9.17, 15) is 9.59 Å². The summed E-state index contributed by atoms with van der Waals surface area (Å²) in [6.07, 6.45) is 2.35. The number of hydrogen-bond donors (Lipinski definition) is 2. The Morgan fingerprint density at radius 3 is 2.26 bits per heavy atom. The first-order chi connectivity index (χ1) is 16.4. The van der Waals surface area contributed by atoms with Crippen LogP contribution in [-0.4, -0.2) is 79.0 Å². The monoisotopic (exact) mass is 547 g/mol. The average molecular weight is 549 g/mol. The van der Waals surface area contributed by atoms with Crippen LogP contribution in [-0.2, 0) is 4.79 Å². The summed E-state index contributed by atoms with van der Waals surface area (Å²) >= 11 is 9.49. The highest BCUT2D eigenvalue weighted by atomic mass is 79.9. The Morgan fingerprint density at radius 2 is 1.62 bits per heavy atom. The molecule has 0 aliphatic carbocycles. The van der Waals surface area contributed by atoms with Gasteiger partial charge in [-0.3, -0.25) is 9.69 Å². The summed E-state index contributed by atoms with van der Waals surface area (Å²) < 4.78 is 0.783. The van der Waals surface area contributed by atoms with Gasteiger partial charge < -0.3 is 20.4 Å². The van der Waals surface area contributed by atoms with Gasteiger partial charge in [-0.1, -0.05) is 45.7 Å². The highest BCUT2D eigenvalue weighted by Gasteiger charge is 2.33. The number of nitrogens with one attached hydrogen (secondary N) is 2. The first-order valence-corrected chi connectivity index (χ1v) is 12.9. The second-order valence-corrected chi connectivity index (χ2v) is 10.2. The fourth-order valence-corrected chi connectivity index (χ4v) is 5.30. The van der Waals surface area contributed by atoms with Crippen molar-refractivity contribution in [2.45, 2.75) is 24.9 Å². The van der Waals surface area contributed by atoms with E-state index in [0.717, 1.165) is 36.2 Å². The van der Waals surface area contributed by atoms with Crippen molar-refractivity contribution in [3.63, 3.8) is 0 Å². The number of urea groups is 1. The summed E-state index contributed by atoms with van der Waals surface area (Å²) in [5.74, 6) is -0.0961. The lowest BCUT2D eigenvalue weighted by Crippen LogP contribution is -2.56. The van der Waals surface area contributed by atoms with Crippen molar-refractivity contribution in [2.75, 3.05) is 51.6 Å². The molecule has 2 heterocycles. The number of piperidine rings is 1. The number of likely N-dealkylation sites (tertiary alicyclic amines) is 1. The number of benzene rings is 2. The molecule has 0 saturated carbocycles. The Bertz CT molecular complexity index is 989. The number of anilines is 1. The SMILES string of the molecule is CN1CCC(N2CCN(C(=O)C(NC(=O)Nc3ccc(Cl)cc3)c3ccccc3Br)CC2)CC1. The van der Waals surface area contributed by atoms with Crippen LogP contribution in [0.15, 0.2) is 53.0 Å². The molecule has 1 atom stereocenters. The third-order valence-corrected chi connectivity index (χ3v) is 7.65. The van der Waals surface area contributed by atoms with Gasteiger partial charge in [-0.15, -0.1) is 0 Å². The van der Waals surface area contributed by atoms with E-state index >= 15 is 0 Å². The minimum Gasteiger partial charge on any atom is -0.338 e. The van der Waals surface area contributed by atoms with Gasteiger partial charge >= 0.3 is 6.03 Å². The second kappa shape index (κ2) is 11.5. The summed E-state index contributed by atoms with van der Waals surface area (Å²) in [7, 11) is 2.17. The third kappa shape index (κ3) is 6.30. The molecular formula is C25H31BrClN5O2. The maximum atomic E-state index is 13.6. The summed E-state index contributed by atoms with van der Waals surface area (Å²) in [6, 6.07) is 13.7. The van der Waals surface area contributed by atoms with Gasteiger partial charge in [0.2, 0.25) is 5.91 Å². The van der Waals surface area contributed by atoms with Crippen LogP contribution in [0.2, 0.25) is 5.02 Å². The minimum atomic E-state index is -0.794. The van der Waals surface area contributed by atoms with E-state index < -0.39 is 12.1 Å². The van der Waals surface area contributed by atoms with E-state index in [1.54, 1.807) is 24.3 Å². The Kier molecular flexibility index (Phi) is 8.47. The molecule has 2 aromatic rings. The number of rotatable bonds is 5. The van der Waals surface area contributed by atoms with Gasteiger partial charge in [0, 0.05) is 47.4 Å².